The summed E-state index contributed by atoms with van der Waals surface area (Å²) in [5.74, 6) is -0.892. The van der Waals surface area contributed by atoms with Crippen LogP contribution in [0.15, 0.2) is 78.4 Å². The van der Waals surface area contributed by atoms with Crippen LogP contribution in [0.4, 0.5) is 5.69 Å². The molecule has 1 N–H and O–H groups in total. The predicted octanol–water partition coefficient (Wildman–Crippen LogP) is 5.72. The first-order valence-corrected chi connectivity index (χ1v) is 11.0. The largest absolute Gasteiger partial charge is 0.507 e. The maximum absolute atomic E-state index is 13.3. The summed E-state index contributed by atoms with van der Waals surface area (Å²) in [6.07, 6.45) is 0.0185. The van der Waals surface area contributed by atoms with Crippen LogP contribution in [0.2, 0.25) is 0 Å². The van der Waals surface area contributed by atoms with Crippen LogP contribution in [0.3, 0.4) is 0 Å². The zero-order valence-electron chi connectivity index (χ0n) is 19.2. The number of carbonyl (C=O) groups excluding carboxylic acids is 2. The average molecular weight is 442 g/mol. The van der Waals surface area contributed by atoms with Gasteiger partial charge in [-0.2, -0.15) is 0 Å². The number of anilines is 1. The van der Waals surface area contributed by atoms with Crippen LogP contribution in [0, 0.1) is 13.8 Å². The number of carbonyl (C=O) groups is 2. The molecule has 3 aromatic carbocycles. The highest BCUT2D eigenvalue weighted by Gasteiger charge is 2.47. The van der Waals surface area contributed by atoms with Gasteiger partial charge in [0.05, 0.1) is 17.7 Å². The molecule has 1 aliphatic heterocycles. The van der Waals surface area contributed by atoms with Gasteiger partial charge in [0.1, 0.15) is 11.5 Å². The van der Waals surface area contributed by atoms with E-state index in [1.165, 1.54) is 4.90 Å². The highest BCUT2D eigenvalue weighted by Crippen LogP contribution is 2.43. The Morgan fingerprint density at radius 2 is 1.48 bits per heavy atom. The topological polar surface area (TPSA) is 66.8 Å². The molecule has 0 saturated carbocycles. The zero-order chi connectivity index (χ0) is 23.7. The van der Waals surface area contributed by atoms with Gasteiger partial charge in [-0.25, -0.2) is 0 Å². The Bertz CT molecular complexity index is 1240. The van der Waals surface area contributed by atoms with E-state index in [2.05, 4.69) is 0 Å². The smallest absolute Gasteiger partial charge is 0.300 e. The van der Waals surface area contributed by atoms with Crippen molar-refractivity contribution in [1.29, 1.82) is 0 Å². The Balaban J connectivity index is 1.90. The molecule has 0 aromatic heterocycles. The van der Waals surface area contributed by atoms with Crippen LogP contribution in [0.25, 0.3) is 5.76 Å². The fourth-order valence-electron chi connectivity index (χ4n) is 4.22. The Labute approximate surface area is 193 Å². The fraction of sp³-hybridized carbons (Fsp3) is 0.214. The third-order valence-corrected chi connectivity index (χ3v) is 5.80. The predicted molar refractivity (Wildman–Crippen MR) is 129 cm³/mol. The van der Waals surface area contributed by atoms with Crippen LogP contribution >= 0.6 is 0 Å². The monoisotopic (exact) mass is 441 g/mol. The number of amides is 1. The van der Waals surface area contributed by atoms with Crippen molar-refractivity contribution >= 4 is 23.1 Å². The lowest BCUT2D eigenvalue weighted by atomic mass is 9.92. The number of aliphatic hydroxyl groups is 1. The van der Waals surface area contributed by atoms with Crippen LogP contribution < -0.4 is 9.64 Å². The van der Waals surface area contributed by atoms with Gasteiger partial charge in [-0.05, 0) is 74.7 Å². The van der Waals surface area contributed by atoms with Crippen molar-refractivity contribution in [2.24, 2.45) is 0 Å². The van der Waals surface area contributed by atoms with Crippen LogP contribution in [0.5, 0.6) is 5.75 Å². The molecule has 1 amide bonds. The van der Waals surface area contributed by atoms with E-state index in [1.807, 2.05) is 76.2 Å². The molecule has 0 bridgehead atoms. The molecule has 5 nitrogen and oxygen atoms in total. The molecule has 1 saturated heterocycles. The minimum atomic E-state index is -0.737. The van der Waals surface area contributed by atoms with Gasteiger partial charge in [0.15, 0.2) is 0 Å². The van der Waals surface area contributed by atoms with Gasteiger partial charge >= 0.3 is 0 Å². The number of ether oxygens (including phenoxy) is 1. The van der Waals surface area contributed by atoms with Gasteiger partial charge in [0, 0.05) is 11.3 Å². The summed E-state index contributed by atoms with van der Waals surface area (Å²) in [7, 11) is 0. The maximum Gasteiger partial charge on any atom is 0.300 e. The molecule has 0 aliphatic carbocycles. The minimum absolute atomic E-state index is 0.0185. The maximum atomic E-state index is 13.3. The molecule has 33 heavy (non-hydrogen) atoms. The van der Waals surface area contributed by atoms with Gasteiger partial charge in [-0.15, -0.1) is 0 Å². The molecule has 3 aromatic rings. The fourth-order valence-corrected chi connectivity index (χ4v) is 4.22. The second-order valence-corrected chi connectivity index (χ2v) is 8.50. The number of hydrogen-bond donors (Lipinski definition) is 1. The number of benzene rings is 3. The summed E-state index contributed by atoms with van der Waals surface area (Å²) < 4.78 is 5.68. The number of aliphatic hydroxyl groups excluding tert-OH is 1. The molecule has 0 radical (unpaired) electrons. The summed E-state index contributed by atoms with van der Waals surface area (Å²) in [5.41, 5.74) is 3.76. The Morgan fingerprint density at radius 1 is 0.879 bits per heavy atom. The van der Waals surface area contributed by atoms with E-state index >= 15 is 0 Å². The van der Waals surface area contributed by atoms with E-state index in [0.29, 0.717) is 17.0 Å². The molecule has 168 valence electrons. The second-order valence-electron chi connectivity index (χ2n) is 8.50. The first kappa shape index (κ1) is 22.3. The minimum Gasteiger partial charge on any atom is -0.507 e. The lowest BCUT2D eigenvalue weighted by Gasteiger charge is -2.27. The van der Waals surface area contributed by atoms with Gasteiger partial charge < -0.3 is 9.84 Å². The van der Waals surface area contributed by atoms with Gasteiger partial charge in [0.25, 0.3) is 11.7 Å². The van der Waals surface area contributed by atoms with E-state index in [-0.39, 0.29) is 17.4 Å². The van der Waals surface area contributed by atoms with Crippen molar-refractivity contribution in [1.82, 2.24) is 0 Å². The summed E-state index contributed by atoms with van der Waals surface area (Å²) in [6.45, 7) is 7.70. The van der Waals surface area contributed by atoms with Crippen molar-refractivity contribution in [2.75, 3.05) is 4.90 Å². The first-order valence-electron chi connectivity index (χ1n) is 11.0. The van der Waals surface area contributed by atoms with E-state index in [1.54, 1.807) is 24.3 Å². The summed E-state index contributed by atoms with van der Waals surface area (Å²) in [6, 6.07) is 21.2. The molecule has 1 fully saturated rings. The standard InChI is InChI=1S/C28H27NO4/c1-17(2)33-21-15-13-20(14-16-21)26(30)24-25(22-11-7-5-9-18(22)3)29(28(32)27(24)31)23-12-8-6-10-19(23)4/h5-17,25,30H,1-4H3/b26-24+. The second kappa shape index (κ2) is 8.94. The number of para-hydroxylation sites is 1. The lowest BCUT2D eigenvalue weighted by molar-refractivity contribution is -0.132. The Morgan fingerprint density at radius 3 is 2.09 bits per heavy atom. The van der Waals surface area contributed by atoms with Crippen molar-refractivity contribution < 1.29 is 19.4 Å². The number of rotatable bonds is 5. The average Bonchev–Trinajstić information content (AvgIpc) is 3.04. The molecule has 1 heterocycles. The summed E-state index contributed by atoms with van der Waals surface area (Å²) in [5, 5.41) is 11.3. The number of hydrogen-bond acceptors (Lipinski definition) is 4. The van der Waals surface area contributed by atoms with Gasteiger partial charge in [-0.3, -0.25) is 14.5 Å². The highest BCUT2D eigenvalue weighted by molar-refractivity contribution is 6.51. The molecule has 5 heteroatoms. The van der Waals surface area contributed by atoms with Crippen molar-refractivity contribution in [3.63, 3.8) is 0 Å². The van der Waals surface area contributed by atoms with Crippen LogP contribution in [0.1, 0.15) is 42.1 Å². The summed E-state index contributed by atoms with van der Waals surface area (Å²) in [4.78, 5) is 28.1. The molecule has 1 aliphatic rings. The van der Waals surface area contributed by atoms with Crippen LogP contribution in [-0.4, -0.2) is 22.9 Å². The molecule has 0 spiro atoms. The molecule has 1 unspecified atom stereocenters. The lowest BCUT2D eigenvalue weighted by Crippen LogP contribution is -2.30. The van der Waals surface area contributed by atoms with Crippen LogP contribution in [-0.2, 0) is 9.59 Å². The van der Waals surface area contributed by atoms with E-state index in [4.69, 9.17) is 4.74 Å². The van der Waals surface area contributed by atoms with Crippen molar-refractivity contribution in [3.05, 3.63) is 101 Å². The third kappa shape index (κ3) is 4.14. The molecular weight excluding hydrogens is 414 g/mol. The van der Waals surface area contributed by atoms with Gasteiger partial charge in [-0.1, -0.05) is 42.5 Å². The van der Waals surface area contributed by atoms with Crippen molar-refractivity contribution in [2.45, 2.75) is 39.8 Å². The number of ketones is 1. The van der Waals surface area contributed by atoms with Gasteiger partial charge in [0.2, 0.25) is 0 Å². The third-order valence-electron chi connectivity index (χ3n) is 5.80. The number of Topliss-reactive ketones (excluding diaryl/α,β-unsaturated/α-hetero) is 1. The van der Waals surface area contributed by atoms with E-state index in [9.17, 15) is 14.7 Å². The SMILES string of the molecule is Cc1ccccc1C1/C(=C(\O)c2ccc(OC(C)C)cc2)C(=O)C(=O)N1c1ccccc1C. The quantitative estimate of drug-likeness (QED) is 0.313. The molecular formula is C28H27NO4. The van der Waals surface area contributed by atoms with Crippen molar-refractivity contribution in [3.8, 4) is 5.75 Å². The Hall–Kier alpha value is -3.86. The normalized spacial score (nSPS) is 17.6. The highest BCUT2D eigenvalue weighted by atomic mass is 16.5. The van der Waals surface area contributed by atoms with E-state index in [0.717, 1.165) is 16.7 Å². The molecule has 1 atom stereocenters. The zero-order valence-corrected chi connectivity index (χ0v) is 19.2. The number of aryl methyl sites for hydroxylation is 2. The first-order chi connectivity index (χ1) is 15.8. The van der Waals surface area contributed by atoms with E-state index < -0.39 is 17.7 Å². The number of nitrogens with zero attached hydrogens (tertiary/aromatic N) is 1. The summed E-state index contributed by atoms with van der Waals surface area (Å²) >= 11 is 0. The molecule has 4 rings (SSSR count). The Kier molecular flexibility index (Phi) is 6.05.